The van der Waals surface area contributed by atoms with E-state index < -0.39 is 17.7 Å². The number of carbonyl (C=O) groups is 3. The predicted molar refractivity (Wildman–Crippen MR) is 79.3 cm³/mol. The Kier molecular flexibility index (Phi) is 4.08. The minimum Gasteiger partial charge on any atom is -0.304 e. The van der Waals surface area contributed by atoms with E-state index in [1.54, 1.807) is 36.4 Å². The molecule has 1 aliphatic rings. The van der Waals surface area contributed by atoms with E-state index in [2.05, 4.69) is 15.3 Å². The summed E-state index contributed by atoms with van der Waals surface area (Å²) in [7, 11) is 0. The molecule has 3 rings (SSSR count). The molecular formula is C15H11N5O4. The molecule has 0 spiro atoms. The highest BCUT2D eigenvalue weighted by Gasteiger charge is 2.36. The molecule has 0 fully saturated rings. The Bertz CT molecular complexity index is 829. The summed E-state index contributed by atoms with van der Waals surface area (Å²) in [4.78, 5) is 45.1. The molecule has 0 saturated carbocycles. The first-order chi connectivity index (χ1) is 11.6. The van der Waals surface area contributed by atoms with Gasteiger partial charge in [0.2, 0.25) is 0 Å². The number of hydrogen-bond donors (Lipinski definition) is 1. The van der Waals surface area contributed by atoms with Gasteiger partial charge >= 0.3 is 5.91 Å². The molecule has 9 nitrogen and oxygen atoms in total. The van der Waals surface area contributed by atoms with Crippen molar-refractivity contribution < 1.29 is 19.2 Å². The number of hydrogen-bond acceptors (Lipinski definition) is 6. The standard InChI is InChI=1S/C15H11N5O4/c16-19-18-13(21)12-7-3-4-9(17-12)8-24-20-14(22)10-5-1-2-6-11(10)15(20)23/h1-7H,8H2,(H2,16,18,21). The van der Waals surface area contributed by atoms with Gasteiger partial charge in [-0.1, -0.05) is 28.5 Å². The van der Waals surface area contributed by atoms with Crippen LogP contribution in [0.25, 0.3) is 0 Å². The van der Waals surface area contributed by atoms with Crippen LogP contribution in [0.4, 0.5) is 0 Å². The maximum absolute atomic E-state index is 12.2. The Morgan fingerprint density at radius 2 is 1.75 bits per heavy atom. The van der Waals surface area contributed by atoms with Crippen LogP contribution in [0.15, 0.2) is 52.8 Å². The third kappa shape index (κ3) is 2.75. The van der Waals surface area contributed by atoms with Crippen molar-refractivity contribution in [2.24, 2.45) is 16.2 Å². The van der Waals surface area contributed by atoms with Gasteiger partial charge in [0.05, 0.1) is 16.8 Å². The number of aromatic nitrogens is 1. The van der Waals surface area contributed by atoms with E-state index in [1.807, 2.05) is 0 Å². The van der Waals surface area contributed by atoms with Crippen molar-refractivity contribution >= 4 is 17.7 Å². The summed E-state index contributed by atoms with van der Waals surface area (Å²) in [6.45, 7) is -0.174. The number of pyridine rings is 1. The zero-order chi connectivity index (χ0) is 17.1. The summed E-state index contributed by atoms with van der Waals surface area (Å²) >= 11 is 0. The normalized spacial score (nSPS) is 13.6. The Balaban J connectivity index is 1.73. The lowest BCUT2D eigenvalue weighted by Gasteiger charge is -2.13. The number of amides is 3. The van der Waals surface area contributed by atoms with Crippen LogP contribution in [-0.2, 0) is 11.4 Å². The van der Waals surface area contributed by atoms with Gasteiger partial charge in [-0.25, -0.2) is 4.98 Å². The van der Waals surface area contributed by atoms with Crippen molar-refractivity contribution in [1.29, 1.82) is 0 Å². The summed E-state index contributed by atoms with van der Waals surface area (Å²) < 4.78 is 0. The number of rotatable bonds is 4. The van der Waals surface area contributed by atoms with Crippen LogP contribution < -0.4 is 5.84 Å². The highest BCUT2D eigenvalue weighted by Crippen LogP contribution is 2.23. The summed E-state index contributed by atoms with van der Waals surface area (Å²) in [5, 5.41) is 6.75. The quantitative estimate of drug-likeness (QED) is 0.390. The molecule has 9 heteroatoms. The van der Waals surface area contributed by atoms with Gasteiger partial charge in [-0.2, -0.15) is 0 Å². The number of nitrogens with two attached hydrogens (primary N) is 1. The Morgan fingerprint density at radius 1 is 1.08 bits per heavy atom. The second-order valence-corrected chi connectivity index (χ2v) is 4.76. The first-order valence-electron chi connectivity index (χ1n) is 6.83. The van der Waals surface area contributed by atoms with Crippen molar-refractivity contribution in [2.45, 2.75) is 6.61 Å². The lowest BCUT2D eigenvalue weighted by atomic mass is 10.1. The van der Waals surface area contributed by atoms with Crippen molar-refractivity contribution in [1.82, 2.24) is 10.0 Å². The fourth-order valence-electron chi connectivity index (χ4n) is 2.20. The maximum atomic E-state index is 12.2. The molecule has 1 aromatic carbocycles. The fourth-order valence-corrected chi connectivity index (χ4v) is 2.20. The minimum absolute atomic E-state index is 0.0210. The van der Waals surface area contributed by atoms with Gasteiger partial charge in [-0.15, -0.1) is 5.06 Å². The first kappa shape index (κ1) is 15.4. The van der Waals surface area contributed by atoms with Crippen LogP contribution >= 0.6 is 0 Å². The summed E-state index contributed by atoms with van der Waals surface area (Å²) in [5.41, 5.74) is 0.919. The Morgan fingerprint density at radius 3 is 2.38 bits per heavy atom. The van der Waals surface area contributed by atoms with E-state index in [4.69, 9.17) is 10.7 Å². The molecule has 0 saturated heterocycles. The van der Waals surface area contributed by atoms with Gasteiger partial charge in [0.15, 0.2) is 0 Å². The Hall–Kier alpha value is -3.46. The minimum atomic E-state index is -0.708. The van der Waals surface area contributed by atoms with Crippen molar-refractivity contribution in [3.05, 3.63) is 65.0 Å². The number of carbonyl (C=O) groups excluding carboxylic acids is 3. The molecule has 0 radical (unpaired) electrons. The zero-order valence-corrected chi connectivity index (χ0v) is 12.2. The molecule has 1 aliphatic heterocycles. The number of fused-ring (bicyclic) bond motifs is 1. The SMILES string of the molecule is NN=NC(=O)c1cccc(CON2C(=O)c3ccccc3C2=O)n1. The fraction of sp³-hybridized carbons (Fsp3) is 0.0667. The molecule has 0 aliphatic carbocycles. The molecule has 24 heavy (non-hydrogen) atoms. The van der Waals surface area contributed by atoms with Crippen LogP contribution in [0.5, 0.6) is 0 Å². The van der Waals surface area contributed by atoms with E-state index in [0.29, 0.717) is 10.8 Å². The smallest absolute Gasteiger partial charge is 0.304 e. The lowest BCUT2D eigenvalue weighted by molar-refractivity contribution is -0.102. The van der Waals surface area contributed by atoms with Gasteiger partial charge < -0.3 is 5.84 Å². The maximum Gasteiger partial charge on any atom is 0.315 e. The summed E-state index contributed by atoms with van der Waals surface area (Å²) in [6.07, 6.45) is 0. The zero-order valence-electron chi connectivity index (χ0n) is 12.2. The second-order valence-electron chi connectivity index (χ2n) is 4.76. The van der Waals surface area contributed by atoms with Gasteiger partial charge in [-0.05, 0) is 24.3 Å². The topological polar surface area (TPSA) is 127 Å². The van der Waals surface area contributed by atoms with E-state index >= 15 is 0 Å². The van der Waals surface area contributed by atoms with Crippen LogP contribution in [0.3, 0.4) is 0 Å². The molecule has 120 valence electrons. The highest BCUT2D eigenvalue weighted by molar-refractivity contribution is 6.20. The summed E-state index contributed by atoms with van der Waals surface area (Å²) in [5.74, 6) is 3.03. The molecule has 0 bridgehead atoms. The van der Waals surface area contributed by atoms with Crippen molar-refractivity contribution in [3.8, 4) is 0 Å². The second kappa shape index (κ2) is 6.34. The third-order valence-corrected chi connectivity index (χ3v) is 3.27. The Labute approximate surface area is 135 Å². The summed E-state index contributed by atoms with van der Waals surface area (Å²) in [6, 6.07) is 11.0. The molecule has 1 aromatic heterocycles. The van der Waals surface area contributed by atoms with Crippen LogP contribution in [0.2, 0.25) is 0 Å². The first-order valence-corrected chi connectivity index (χ1v) is 6.83. The monoisotopic (exact) mass is 325 g/mol. The highest BCUT2D eigenvalue weighted by atomic mass is 16.7. The van der Waals surface area contributed by atoms with Crippen LogP contribution in [0, 0.1) is 0 Å². The van der Waals surface area contributed by atoms with Gasteiger partial charge in [0.1, 0.15) is 12.3 Å². The van der Waals surface area contributed by atoms with Crippen molar-refractivity contribution in [3.63, 3.8) is 0 Å². The van der Waals surface area contributed by atoms with Crippen LogP contribution in [-0.4, -0.2) is 27.8 Å². The average molecular weight is 325 g/mol. The number of imide groups is 1. The third-order valence-electron chi connectivity index (χ3n) is 3.27. The predicted octanol–water partition coefficient (Wildman–Crippen LogP) is 1.28. The number of benzene rings is 1. The largest absolute Gasteiger partial charge is 0.315 e. The molecule has 3 amide bonds. The molecule has 2 N–H and O–H groups in total. The van der Waals surface area contributed by atoms with Gasteiger partial charge in [-0.3, -0.25) is 19.2 Å². The van der Waals surface area contributed by atoms with Gasteiger partial charge in [0, 0.05) is 0 Å². The molecule has 0 unspecified atom stereocenters. The average Bonchev–Trinajstić information content (AvgIpc) is 2.85. The van der Waals surface area contributed by atoms with E-state index in [0.717, 1.165) is 0 Å². The number of nitrogens with zero attached hydrogens (tertiary/aromatic N) is 4. The van der Waals surface area contributed by atoms with Crippen molar-refractivity contribution in [2.75, 3.05) is 0 Å². The molecular weight excluding hydrogens is 314 g/mol. The number of hydroxylamine groups is 2. The lowest BCUT2D eigenvalue weighted by Crippen LogP contribution is -2.29. The molecule has 2 aromatic rings. The molecule has 0 atom stereocenters. The van der Waals surface area contributed by atoms with E-state index in [-0.39, 0.29) is 23.4 Å². The van der Waals surface area contributed by atoms with Crippen LogP contribution in [0.1, 0.15) is 36.9 Å². The van der Waals surface area contributed by atoms with Gasteiger partial charge in [0.25, 0.3) is 11.8 Å². The molecule has 2 heterocycles. The van der Waals surface area contributed by atoms with E-state index in [1.165, 1.54) is 6.07 Å². The van der Waals surface area contributed by atoms with E-state index in [9.17, 15) is 14.4 Å².